The fraction of sp³-hybridized carbons (Fsp3) is 0.353. The Morgan fingerprint density at radius 1 is 1.04 bits per heavy atom. The van der Waals surface area contributed by atoms with Crippen molar-refractivity contribution in [2.75, 3.05) is 33.2 Å². The standard InChI is InChI=1S/C17H21N3O5/c1-19(10-15(22)23)7-8-20(11-16(24)25)9-13-6-5-12-3-2-4-14(21)17(12)18-13/h2-6,21H,7-11H2,1H3,(H,22,23)(H,24,25). The Kier molecular flexibility index (Phi) is 6.26. The number of para-hydroxylation sites is 1. The Morgan fingerprint density at radius 2 is 1.76 bits per heavy atom. The van der Waals surface area contributed by atoms with Crippen molar-refractivity contribution in [1.82, 2.24) is 14.8 Å². The lowest BCUT2D eigenvalue weighted by Crippen LogP contribution is -2.37. The zero-order valence-corrected chi connectivity index (χ0v) is 13.9. The first kappa shape index (κ1) is 18.6. The number of likely N-dealkylation sites (N-methyl/N-ethyl adjacent to an activating group) is 1. The molecule has 0 aliphatic rings. The van der Waals surface area contributed by atoms with Crippen molar-refractivity contribution in [2.24, 2.45) is 0 Å². The summed E-state index contributed by atoms with van der Waals surface area (Å²) in [5.74, 6) is -1.83. The molecule has 0 saturated carbocycles. The lowest BCUT2D eigenvalue weighted by Gasteiger charge is -2.23. The third-order valence-corrected chi connectivity index (χ3v) is 3.70. The molecule has 0 fully saturated rings. The van der Waals surface area contributed by atoms with Gasteiger partial charge in [-0.2, -0.15) is 0 Å². The molecule has 134 valence electrons. The van der Waals surface area contributed by atoms with Crippen LogP contribution in [0.25, 0.3) is 10.9 Å². The fourth-order valence-corrected chi connectivity index (χ4v) is 2.52. The minimum Gasteiger partial charge on any atom is -0.506 e. The van der Waals surface area contributed by atoms with Crippen molar-refractivity contribution in [1.29, 1.82) is 0 Å². The molecule has 3 N–H and O–H groups in total. The van der Waals surface area contributed by atoms with E-state index in [1.165, 1.54) is 0 Å². The minimum atomic E-state index is -0.968. The van der Waals surface area contributed by atoms with E-state index in [1.807, 2.05) is 12.1 Å². The van der Waals surface area contributed by atoms with Crippen LogP contribution in [-0.4, -0.2) is 75.3 Å². The van der Waals surface area contributed by atoms with Crippen molar-refractivity contribution in [3.05, 3.63) is 36.0 Å². The molecular weight excluding hydrogens is 326 g/mol. The number of rotatable bonds is 9. The molecule has 2 aromatic rings. The third kappa shape index (κ3) is 5.70. The van der Waals surface area contributed by atoms with Gasteiger partial charge in [-0.3, -0.25) is 19.4 Å². The normalized spacial score (nSPS) is 11.3. The van der Waals surface area contributed by atoms with Crippen LogP contribution >= 0.6 is 0 Å². The van der Waals surface area contributed by atoms with Crippen LogP contribution in [0.5, 0.6) is 5.75 Å². The highest BCUT2D eigenvalue weighted by Gasteiger charge is 2.14. The maximum Gasteiger partial charge on any atom is 0.317 e. The van der Waals surface area contributed by atoms with E-state index in [9.17, 15) is 14.7 Å². The summed E-state index contributed by atoms with van der Waals surface area (Å²) >= 11 is 0. The van der Waals surface area contributed by atoms with Gasteiger partial charge in [-0.05, 0) is 19.2 Å². The molecule has 0 radical (unpaired) electrons. The van der Waals surface area contributed by atoms with Crippen LogP contribution in [-0.2, 0) is 16.1 Å². The van der Waals surface area contributed by atoms with Crippen molar-refractivity contribution in [3.63, 3.8) is 0 Å². The first-order valence-corrected chi connectivity index (χ1v) is 7.77. The van der Waals surface area contributed by atoms with E-state index in [-0.39, 0.29) is 25.4 Å². The highest BCUT2D eigenvalue weighted by molar-refractivity contribution is 5.84. The number of carbonyl (C=O) groups is 2. The zero-order chi connectivity index (χ0) is 18.4. The molecule has 8 nitrogen and oxygen atoms in total. The van der Waals surface area contributed by atoms with Gasteiger partial charge in [0.25, 0.3) is 0 Å². The number of fused-ring (bicyclic) bond motifs is 1. The van der Waals surface area contributed by atoms with Gasteiger partial charge in [-0.15, -0.1) is 0 Å². The Balaban J connectivity index is 2.09. The summed E-state index contributed by atoms with van der Waals surface area (Å²) in [5.41, 5.74) is 1.11. The molecule has 1 aromatic heterocycles. The van der Waals surface area contributed by atoms with Crippen LogP contribution in [0, 0.1) is 0 Å². The van der Waals surface area contributed by atoms with Crippen LogP contribution in [0.2, 0.25) is 0 Å². The van der Waals surface area contributed by atoms with E-state index < -0.39 is 11.9 Å². The molecule has 1 aromatic carbocycles. The molecular formula is C17H21N3O5. The van der Waals surface area contributed by atoms with Crippen molar-refractivity contribution in [2.45, 2.75) is 6.54 Å². The predicted molar refractivity (Wildman–Crippen MR) is 91.5 cm³/mol. The largest absolute Gasteiger partial charge is 0.506 e. The van der Waals surface area contributed by atoms with Crippen molar-refractivity contribution in [3.8, 4) is 5.75 Å². The van der Waals surface area contributed by atoms with Crippen LogP contribution < -0.4 is 0 Å². The molecule has 0 amide bonds. The van der Waals surface area contributed by atoms with Gasteiger partial charge in [0, 0.05) is 25.0 Å². The number of nitrogens with zero attached hydrogens (tertiary/aromatic N) is 3. The SMILES string of the molecule is CN(CCN(CC(=O)O)Cc1ccc2cccc(O)c2n1)CC(=O)O. The predicted octanol–water partition coefficient (Wildman–Crippen LogP) is 0.843. The Bertz CT molecular complexity index is 765. The first-order chi connectivity index (χ1) is 11.8. The van der Waals surface area contributed by atoms with E-state index in [1.54, 1.807) is 35.0 Å². The molecule has 0 aliphatic carbocycles. The average molecular weight is 347 g/mol. The smallest absolute Gasteiger partial charge is 0.317 e. The van der Waals surface area contributed by atoms with E-state index >= 15 is 0 Å². The van der Waals surface area contributed by atoms with Gasteiger partial charge < -0.3 is 15.3 Å². The maximum atomic E-state index is 11.1. The molecule has 0 aliphatic heterocycles. The van der Waals surface area contributed by atoms with Gasteiger partial charge in [0.1, 0.15) is 11.3 Å². The number of hydrogen-bond acceptors (Lipinski definition) is 6. The molecule has 8 heteroatoms. The summed E-state index contributed by atoms with van der Waals surface area (Å²) in [6, 6.07) is 8.73. The highest BCUT2D eigenvalue weighted by atomic mass is 16.4. The summed E-state index contributed by atoms with van der Waals surface area (Å²) in [6.45, 7) is 0.802. The van der Waals surface area contributed by atoms with Crippen LogP contribution in [0.1, 0.15) is 5.69 Å². The number of benzene rings is 1. The fourth-order valence-electron chi connectivity index (χ4n) is 2.52. The molecule has 25 heavy (non-hydrogen) atoms. The number of carboxylic acids is 2. The third-order valence-electron chi connectivity index (χ3n) is 3.70. The second kappa shape index (κ2) is 8.41. The highest BCUT2D eigenvalue weighted by Crippen LogP contribution is 2.22. The van der Waals surface area contributed by atoms with E-state index in [0.717, 1.165) is 5.39 Å². The molecule has 0 saturated heterocycles. The summed E-state index contributed by atoms with van der Waals surface area (Å²) < 4.78 is 0. The first-order valence-electron chi connectivity index (χ1n) is 7.77. The number of carboxylic acid groups (broad SMARTS) is 2. The summed E-state index contributed by atoms with van der Waals surface area (Å²) in [5, 5.41) is 28.6. The zero-order valence-electron chi connectivity index (χ0n) is 13.9. The quantitative estimate of drug-likeness (QED) is 0.611. The monoisotopic (exact) mass is 347 g/mol. The maximum absolute atomic E-state index is 11.1. The molecule has 0 atom stereocenters. The van der Waals surface area contributed by atoms with Gasteiger partial charge in [0.2, 0.25) is 0 Å². The number of phenols is 1. The summed E-state index contributed by atoms with van der Waals surface area (Å²) in [4.78, 5) is 29.5. The molecule has 0 spiro atoms. The number of aliphatic carboxylic acids is 2. The van der Waals surface area contributed by atoms with E-state index in [0.29, 0.717) is 24.3 Å². The molecule has 0 bridgehead atoms. The Morgan fingerprint density at radius 3 is 2.44 bits per heavy atom. The van der Waals surface area contributed by atoms with Gasteiger partial charge in [0.05, 0.1) is 18.8 Å². The van der Waals surface area contributed by atoms with E-state index in [4.69, 9.17) is 10.2 Å². The number of hydrogen-bond donors (Lipinski definition) is 3. The topological polar surface area (TPSA) is 114 Å². The number of pyridine rings is 1. The van der Waals surface area contributed by atoms with Crippen molar-refractivity contribution >= 4 is 22.8 Å². The van der Waals surface area contributed by atoms with Crippen LogP contribution in [0.3, 0.4) is 0 Å². The van der Waals surface area contributed by atoms with Gasteiger partial charge in [-0.1, -0.05) is 18.2 Å². The summed E-state index contributed by atoms with van der Waals surface area (Å²) in [6.07, 6.45) is 0. The molecule has 2 rings (SSSR count). The molecule has 0 unspecified atom stereocenters. The second-order valence-electron chi connectivity index (χ2n) is 5.89. The summed E-state index contributed by atoms with van der Waals surface area (Å²) in [7, 11) is 1.67. The Labute approximate surface area is 144 Å². The van der Waals surface area contributed by atoms with Gasteiger partial charge in [-0.25, -0.2) is 4.98 Å². The number of aromatic hydroxyl groups is 1. The van der Waals surface area contributed by atoms with Crippen LogP contribution in [0.15, 0.2) is 30.3 Å². The van der Waals surface area contributed by atoms with Gasteiger partial charge >= 0.3 is 11.9 Å². The minimum absolute atomic E-state index is 0.0744. The molecule has 1 heterocycles. The van der Waals surface area contributed by atoms with Gasteiger partial charge in [0.15, 0.2) is 0 Å². The number of aromatic nitrogens is 1. The average Bonchev–Trinajstić information content (AvgIpc) is 2.52. The number of phenolic OH excluding ortho intramolecular Hbond substituents is 1. The van der Waals surface area contributed by atoms with Crippen LogP contribution in [0.4, 0.5) is 0 Å². The van der Waals surface area contributed by atoms with Crippen molar-refractivity contribution < 1.29 is 24.9 Å². The lowest BCUT2D eigenvalue weighted by atomic mass is 10.2. The lowest BCUT2D eigenvalue weighted by molar-refractivity contribution is -0.140. The Hall–Kier alpha value is -2.71. The second-order valence-corrected chi connectivity index (χ2v) is 5.89. The van der Waals surface area contributed by atoms with E-state index in [2.05, 4.69) is 4.98 Å².